The van der Waals surface area contributed by atoms with Crippen LogP contribution in [0.4, 0.5) is 5.69 Å². The van der Waals surface area contributed by atoms with Gasteiger partial charge in [0.15, 0.2) is 12.4 Å². The molecule has 4 rings (SSSR count). The summed E-state index contributed by atoms with van der Waals surface area (Å²) in [6, 6.07) is 16.6. The van der Waals surface area contributed by atoms with Crippen molar-refractivity contribution < 1.29 is 14.3 Å². The number of para-hydroxylation sites is 2. The summed E-state index contributed by atoms with van der Waals surface area (Å²) in [6.07, 6.45) is 6.34. The summed E-state index contributed by atoms with van der Waals surface area (Å²) in [5.74, 6) is -0.605. The molecule has 0 unspecified atom stereocenters. The fraction of sp³-hybridized carbons (Fsp3) is 0.259. The summed E-state index contributed by atoms with van der Waals surface area (Å²) >= 11 is 6.08. The molecule has 0 bridgehead atoms. The Bertz CT molecular complexity index is 1350. The molecule has 1 aromatic heterocycles. The number of carbonyl (C=O) groups is 2. The lowest BCUT2D eigenvalue weighted by Gasteiger charge is -2.24. The van der Waals surface area contributed by atoms with Crippen LogP contribution in [-0.2, 0) is 4.79 Å². The van der Waals surface area contributed by atoms with E-state index in [2.05, 4.69) is 5.32 Å². The molecule has 1 saturated carbocycles. The molecule has 178 valence electrons. The van der Waals surface area contributed by atoms with Gasteiger partial charge in [0.25, 0.3) is 11.5 Å². The highest BCUT2D eigenvalue weighted by Gasteiger charge is 2.22. The Hall–Kier alpha value is -3.89. The topological polar surface area (TPSA) is 101 Å². The van der Waals surface area contributed by atoms with E-state index >= 15 is 0 Å². The SMILES string of the molecule is N#Cc1cc(C(=O)c2ccccc2OCC(=O)Nc2ccccc2Cl)cn(C2CCCCC2)c1=O. The summed E-state index contributed by atoms with van der Waals surface area (Å²) in [7, 11) is 0. The van der Waals surface area contributed by atoms with Crippen molar-refractivity contribution in [2.45, 2.75) is 38.1 Å². The number of ether oxygens (including phenoxy) is 1. The van der Waals surface area contributed by atoms with Crippen molar-refractivity contribution in [3.63, 3.8) is 0 Å². The number of nitrogens with one attached hydrogen (secondary N) is 1. The van der Waals surface area contributed by atoms with Crippen molar-refractivity contribution in [2.24, 2.45) is 0 Å². The lowest BCUT2D eigenvalue weighted by Crippen LogP contribution is -2.29. The average Bonchev–Trinajstić information content (AvgIpc) is 2.89. The van der Waals surface area contributed by atoms with Gasteiger partial charge in [-0.3, -0.25) is 14.4 Å². The molecule has 7 nitrogen and oxygen atoms in total. The molecule has 0 spiro atoms. The number of pyridine rings is 1. The summed E-state index contributed by atoms with van der Waals surface area (Å²) in [6.45, 7) is -0.333. The van der Waals surface area contributed by atoms with E-state index in [0.29, 0.717) is 10.7 Å². The van der Waals surface area contributed by atoms with Gasteiger partial charge in [-0.2, -0.15) is 5.26 Å². The predicted molar refractivity (Wildman–Crippen MR) is 133 cm³/mol. The van der Waals surface area contributed by atoms with E-state index in [1.54, 1.807) is 54.7 Å². The molecule has 2 aromatic carbocycles. The van der Waals surface area contributed by atoms with E-state index < -0.39 is 11.7 Å². The van der Waals surface area contributed by atoms with Crippen LogP contribution in [0.2, 0.25) is 5.02 Å². The van der Waals surface area contributed by atoms with E-state index in [4.69, 9.17) is 16.3 Å². The van der Waals surface area contributed by atoms with Crippen LogP contribution in [0.25, 0.3) is 0 Å². The maximum Gasteiger partial charge on any atom is 0.268 e. The first-order valence-electron chi connectivity index (χ1n) is 11.4. The molecule has 1 aliphatic carbocycles. The van der Waals surface area contributed by atoms with Gasteiger partial charge in [0.2, 0.25) is 0 Å². The molecule has 1 amide bonds. The molecule has 0 radical (unpaired) electrons. The highest BCUT2D eigenvalue weighted by Crippen LogP contribution is 2.28. The molecule has 0 atom stereocenters. The molecule has 1 N–H and O–H groups in total. The second-order valence-corrected chi connectivity index (χ2v) is 8.81. The lowest BCUT2D eigenvalue weighted by molar-refractivity contribution is -0.118. The number of nitrogens with zero attached hydrogens (tertiary/aromatic N) is 2. The number of nitriles is 1. The second kappa shape index (κ2) is 11.0. The maximum absolute atomic E-state index is 13.4. The number of hydrogen-bond acceptors (Lipinski definition) is 5. The molecule has 8 heteroatoms. The summed E-state index contributed by atoms with van der Waals surface area (Å²) in [5.41, 5.74) is 0.468. The van der Waals surface area contributed by atoms with Gasteiger partial charge in [0.1, 0.15) is 17.4 Å². The monoisotopic (exact) mass is 489 g/mol. The van der Waals surface area contributed by atoms with Gasteiger partial charge in [0, 0.05) is 17.8 Å². The Morgan fingerprint density at radius 2 is 1.80 bits per heavy atom. The van der Waals surface area contributed by atoms with Gasteiger partial charge < -0.3 is 14.6 Å². The number of aromatic nitrogens is 1. The summed E-state index contributed by atoms with van der Waals surface area (Å²) < 4.78 is 7.20. The van der Waals surface area contributed by atoms with Crippen LogP contribution in [0.3, 0.4) is 0 Å². The maximum atomic E-state index is 13.4. The van der Waals surface area contributed by atoms with Crippen LogP contribution >= 0.6 is 11.6 Å². The Morgan fingerprint density at radius 3 is 2.54 bits per heavy atom. The highest BCUT2D eigenvalue weighted by atomic mass is 35.5. The number of anilines is 1. The minimum Gasteiger partial charge on any atom is -0.483 e. The number of amides is 1. The molecule has 0 aliphatic heterocycles. The third kappa shape index (κ3) is 5.61. The standard InChI is InChI=1S/C27H24ClN3O4/c28-22-11-5-6-12-23(22)30-25(32)17-35-24-13-7-4-10-21(24)26(33)19-14-18(15-29)27(34)31(16-19)20-8-2-1-3-9-20/h4-7,10-14,16,20H,1-3,8-9,17H2,(H,30,32). The normalized spacial score (nSPS) is 13.6. The van der Waals surface area contributed by atoms with Crippen molar-refractivity contribution in [3.8, 4) is 11.8 Å². The number of carbonyl (C=O) groups excluding carboxylic acids is 2. The van der Waals surface area contributed by atoms with E-state index in [0.717, 1.165) is 32.1 Å². The predicted octanol–water partition coefficient (Wildman–Crippen LogP) is 5.13. The number of halogens is 1. The van der Waals surface area contributed by atoms with E-state index in [1.165, 1.54) is 10.6 Å². The van der Waals surface area contributed by atoms with Crippen molar-refractivity contribution >= 4 is 29.0 Å². The number of benzene rings is 2. The van der Waals surface area contributed by atoms with Crippen LogP contribution in [0, 0.1) is 11.3 Å². The largest absolute Gasteiger partial charge is 0.483 e. The fourth-order valence-electron chi connectivity index (χ4n) is 4.26. The van der Waals surface area contributed by atoms with Crippen LogP contribution < -0.4 is 15.6 Å². The first-order valence-corrected chi connectivity index (χ1v) is 11.8. The van der Waals surface area contributed by atoms with Crippen molar-refractivity contribution in [3.05, 3.63) is 92.9 Å². The van der Waals surface area contributed by atoms with Gasteiger partial charge >= 0.3 is 0 Å². The summed E-state index contributed by atoms with van der Waals surface area (Å²) in [4.78, 5) is 38.6. The molecule has 0 saturated heterocycles. The van der Waals surface area contributed by atoms with E-state index in [-0.39, 0.29) is 40.6 Å². The van der Waals surface area contributed by atoms with Crippen molar-refractivity contribution in [2.75, 3.05) is 11.9 Å². The van der Waals surface area contributed by atoms with Crippen LogP contribution in [0.5, 0.6) is 5.75 Å². The molecule has 1 fully saturated rings. The number of rotatable bonds is 7. The fourth-order valence-corrected chi connectivity index (χ4v) is 4.45. The van der Waals surface area contributed by atoms with Gasteiger partial charge in [-0.15, -0.1) is 0 Å². The molecule has 1 heterocycles. The number of ketones is 1. The van der Waals surface area contributed by atoms with E-state index in [9.17, 15) is 19.6 Å². The quantitative estimate of drug-likeness (QED) is 0.464. The highest BCUT2D eigenvalue weighted by molar-refractivity contribution is 6.33. The smallest absolute Gasteiger partial charge is 0.268 e. The summed E-state index contributed by atoms with van der Waals surface area (Å²) in [5, 5.41) is 12.6. The zero-order valence-electron chi connectivity index (χ0n) is 19.0. The first-order chi connectivity index (χ1) is 17.0. The Labute approximate surface area is 207 Å². The molecular formula is C27H24ClN3O4. The van der Waals surface area contributed by atoms with Gasteiger partial charge in [0.05, 0.1) is 16.3 Å². The molecular weight excluding hydrogens is 466 g/mol. The van der Waals surface area contributed by atoms with Crippen LogP contribution in [0.1, 0.15) is 59.6 Å². The average molecular weight is 490 g/mol. The Kier molecular flexibility index (Phi) is 7.64. The Morgan fingerprint density at radius 1 is 1.09 bits per heavy atom. The molecule has 3 aromatic rings. The third-order valence-corrected chi connectivity index (χ3v) is 6.36. The number of hydrogen-bond donors (Lipinski definition) is 1. The molecule has 1 aliphatic rings. The minimum atomic E-state index is -0.432. The van der Waals surface area contributed by atoms with Crippen molar-refractivity contribution in [1.29, 1.82) is 5.26 Å². The molecule has 35 heavy (non-hydrogen) atoms. The van der Waals surface area contributed by atoms with Crippen LogP contribution in [0.15, 0.2) is 65.6 Å². The lowest BCUT2D eigenvalue weighted by atomic mass is 9.94. The first kappa shape index (κ1) is 24.2. The second-order valence-electron chi connectivity index (χ2n) is 8.40. The Balaban J connectivity index is 1.57. The zero-order chi connectivity index (χ0) is 24.8. The van der Waals surface area contributed by atoms with Gasteiger partial charge in [-0.05, 0) is 43.2 Å². The van der Waals surface area contributed by atoms with Gasteiger partial charge in [-0.1, -0.05) is 55.1 Å². The minimum absolute atomic E-state index is 0.0314. The zero-order valence-corrected chi connectivity index (χ0v) is 19.8. The third-order valence-electron chi connectivity index (χ3n) is 6.03. The van der Waals surface area contributed by atoms with Crippen LogP contribution in [-0.4, -0.2) is 22.9 Å². The van der Waals surface area contributed by atoms with Crippen molar-refractivity contribution in [1.82, 2.24) is 4.57 Å². The van der Waals surface area contributed by atoms with Gasteiger partial charge in [-0.25, -0.2) is 0 Å². The van der Waals surface area contributed by atoms with E-state index in [1.807, 2.05) is 6.07 Å².